The van der Waals surface area contributed by atoms with Crippen molar-refractivity contribution >= 4 is 76.7 Å². The molecule has 0 spiro atoms. The molecule has 2 nitrogen and oxygen atoms in total. The van der Waals surface area contributed by atoms with Crippen LogP contribution in [-0.4, -0.2) is 6.98 Å². The number of aryl methyl sites for hydroxylation is 1. The molecule has 0 radical (unpaired) electrons. The van der Waals surface area contributed by atoms with Gasteiger partial charge in [0.15, 0.2) is 0 Å². The van der Waals surface area contributed by atoms with E-state index in [1.54, 1.807) is 0 Å². The maximum absolute atomic E-state index is 2.66. The molecule has 43 heavy (non-hydrogen) atoms. The van der Waals surface area contributed by atoms with Gasteiger partial charge in [0.2, 0.25) is 0 Å². The predicted octanol–water partition coefficient (Wildman–Crippen LogP) is 10.4. The van der Waals surface area contributed by atoms with Gasteiger partial charge >= 0.3 is 6.98 Å². The summed E-state index contributed by atoms with van der Waals surface area (Å²) in [6.07, 6.45) is 0. The SMILES string of the molecule is Cc1ccc2c(c1)-c1c(sc3ccccc13)B1N2c2sc3ccccc3c2N1c1ccc2c(c1)C(C)(C)c1ccccc1-2. The second kappa shape index (κ2) is 8.19. The molecule has 0 bridgehead atoms. The molecule has 0 amide bonds. The molecule has 0 atom stereocenters. The Balaban J connectivity index is 1.29. The zero-order chi connectivity index (χ0) is 28.6. The molecule has 0 fully saturated rings. The van der Waals surface area contributed by atoms with Gasteiger partial charge in [0.25, 0.3) is 0 Å². The smallest absolute Gasteiger partial charge is 0.358 e. The third kappa shape index (κ3) is 2.99. The molecule has 204 valence electrons. The van der Waals surface area contributed by atoms with Crippen molar-refractivity contribution in [1.29, 1.82) is 0 Å². The first kappa shape index (κ1) is 24.2. The van der Waals surface area contributed by atoms with Gasteiger partial charge in [0, 0.05) is 47.5 Å². The van der Waals surface area contributed by atoms with Crippen LogP contribution in [-0.2, 0) is 5.41 Å². The molecule has 10 rings (SSSR count). The molecule has 4 heterocycles. The summed E-state index contributed by atoms with van der Waals surface area (Å²) in [4.78, 5) is 5.30. The van der Waals surface area contributed by atoms with Gasteiger partial charge in [-0.2, -0.15) is 0 Å². The lowest BCUT2D eigenvalue weighted by Crippen LogP contribution is -2.54. The number of benzene rings is 5. The third-order valence-electron chi connectivity index (χ3n) is 9.88. The predicted molar refractivity (Wildman–Crippen MR) is 187 cm³/mol. The number of nitrogens with zero attached hydrogens (tertiary/aromatic N) is 2. The van der Waals surface area contributed by atoms with Gasteiger partial charge in [-0.3, -0.25) is 0 Å². The quantitative estimate of drug-likeness (QED) is 0.177. The van der Waals surface area contributed by atoms with Crippen LogP contribution in [0.4, 0.5) is 22.1 Å². The Kier molecular flexibility index (Phi) is 4.60. The Labute approximate surface area is 259 Å². The summed E-state index contributed by atoms with van der Waals surface area (Å²) in [5.74, 6) is 0. The van der Waals surface area contributed by atoms with Gasteiger partial charge in [0.1, 0.15) is 5.00 Å². The highest BCUT2D eigenvalue weighted by Gasteiger charge is 2.51. The van der Waals surface area contributed by atoms with Gasteiger partial charge in [0.05, 0.1) is 5.69 Å². The van der Waals surface area contributed by atoms with Gasteiger partial charge < -0.3 is 9.62 Å². The van der Waals surface area contributed by atoms with Crippen molar-refractivity contribution in [2.75, 3.05) is 9.62 Å². The van der Waals surface area contributed by atoms with E-state index < -0.39 is 0 Å². The monoisotopic (exact) mass is 586 g/mol. The van der Waals surface area contributed by atoms with E-state index in [0.717, 1.165) is 0 Å². The molecule has 5 aromatic carbocycles. The molecule has 7 aromatic rings. The Morgan fingerprint density at radius 1 is 0.628 bits per heavy atom. The first-order valence-electron chi connectivity index (χ1n) is 15.0. The van der Waals surface area contributed by atoms with E-state index in [4.69, 9.17) is 0 Å². The summed E-state index contributed by atoms with van der Waals surface area (Å²) in [5, 5.41) is 4.03. The van der Waals surface area contributed by atoms with Crippen LogP contribution in [0.5, 0.6) is 0 Å². The topological polar surface area (TPSA) is 6.48 Å². The van der Waals surface area contributed by atoms with Crippen LogP contribution in [0.15, 0.2) is 109 Å². The number of hydrogen-bond acceptors (Lipinski definition) is 4. The van der Waals surface area contributed by atoms with Crippen molar-refractivity contribution in [2.45, 2.75) is 26.2 Å². The van der Waals surface area contributed by atoms with Crippen LogP contribution in [0.25, 0.3) is 42.4 Å². The third-order valence-corrected chi connectivity index (χ3v) is 12.3. The Morgan fingerprint density at radius 3 is 2.21 bits per heavy atom. The number of anilines is 4. The summed E-state index contributed by atoms with van der Waals surface area (Å²) >= 11 is 3.88. The Bertz CT molecular complexity index is 2330. The maximum atomic E-state index is 2.66. The minimum absolute atomic E-state index is 0.0541. The summed E-state index contributed by atoms with van der Waals surface area (Å²) in [6.45, 7) is 7.03. The molecule has 2 aliphatic heterocycles. The normalized spacial score (nSPS) is 15.4. The minimum atomic E-state index is -0.0552. The fraction of sp³-hybridized carbons (Fsp3) is 0.105. The van der Waals surface area contributed by atoms with E-state index in [0.29, 0.717) is 0 Å². The lowest BCUT2D eigenvalue weighted by atomic mass is 9.64. The van der Waals surface area contributed by atoms with Crippen LogP contribution in [0.1, 0.15) is 30.5 Å². The standard InChI is InChI=1S/C38H27BN2S2/c1-22-16-19-31-28(20-22)34-26-11-5-8-14-32(26)42-36(34)39-40(35-27-12-6-9-15-33(27)43-37(35)41(31)39)23-17-18-25-24-10-4-7-13-29(24)38(2,3)30(25)21-23/h4-21H,1-3H3. The molecule has 1 aliphatic carbocycles. The second-order valence-electron chi connectivity index (χ2n) is 12.6. The number of fused-ring (bicyclic) bond motifs is 15. The van der Waals surface area contributed by atoms with E-state index in [2.05, 4.69) is 140 Å². The van der Waals surface area contributed by atoms with E-state index in [9.17, 15) is 0 Å². The van der Waals surface area contributed by atoms with E-state index in [-0.39, 0.29) is 12.4 Å². The lowest BCUT2D eigenvalue weighted by Gasteiger charge is -2.35. The summed E-state index contributed by atoms with van der Waals surface area (Å²) in [5.41, 5.74) is 13.4. The average molecular weight is 587 g/mol. The minimum Gasteiger partial charge on any atom is -0.358 e. The van der Waals surface area contributed by atoms with Crippen LogP contribution in [0, 0.1) is 6.92 Å². The Morgan fingerprint density at radius 2 is 1.35 bits per heavy atom. The molecule has 5 heteroatoms. The van der Waals surface area contributed by atoms with E-state index in [1.807, 2.05) is 22.7 Å². The fourth-order valence-electron chi connectivity index (χ4n) is 7.94. The zero-order valence-electron chi connectivity index (χ0n) is 24.2. The van der Waals surface area contributed by atoms with Crippen molar-refractivity contribution in [2.24, 2.45) is 0 Å². The summed E-state index contributed by atoms with van der Waals surface area (Å²) in [6, 6.07) is 41.1. The van der Waals surface area contributed by atoms with Crippen molar-refractivity contribution < 1.29 is 0 Å². The van der Waals surface area contributed by atoms with Gasteiger partial charge in [-0.15, -0.1) is 22.7 Å². The van der Waals surface area contributed by atoms with E-state index in [1.165, 1.54) is 86.0 Å². The van der Waals surface area contributed by atoms with Crippen LogP contribution in [0.2, 0.25) is 0 Å². The van der Waals surface area contributed by atoms with Crippen LogP contribution < -0.4 is 14.4 Å². The highest BCUT2D eigenvalue weighted by Crippen LogP contribution is 2.59. The molecule has 0 saturated heterocycles. The molecule has 0 N–H and O–H groups in total. The van der Waals surface area contributed by atoms with Crippen LogP contribution >= 0.6 is 22.7 Å². The largest absolute Gasteiger partial charge is 0.432 e. The molecular formula is C38H27BN2S2. The van der Waals surface area contributed by atoms with Gasteiger partial charge in [-0.25, -0.2) is 0 Å². The number of thiophene rings is 2. The van der Waals surface area contributed by atoms with Crippen molar-refractivity contribution in [3.05, 3.63) is 126 Å². The molecule has 3 aliphatic rings. The van der Waals surface area contributed by atoms with Crippen molar-refractivity contribution in [3.63, 3.8) is 0 Å². The van der Waals surface area contributed by atoms with Crippen molar-refractivity contribution in [1.82, 2.24) is 0 Å². The van der Waals surface area contributed by atoms with E-state index >= 15 is 0 Å². The summed E-state index contributed by atoms with van der Waals surface area (Å²) in [7, 11) is 0. The van der Waals surface area contributed by atoms with Crippen LogP contribution in [0.3, 0.4) is 0 Å². The Hall–Kier alpha value is -4.32. The molecular weight excluding hydrogens is 559 g/mol. The average Bonchev–Trinajstić information content (AvgIpc) is 3.74. The first-order valence-corrected chi connectivity index (χ1v) is 16.6. The number of hydrogen-bond donors (Lipinski definition) is 0. The maximum Gasteiger partial charge on any atom is 0.432 e. The molecule has 2 aromatic heterocycles. The zero-order valence-corrected chi connectivity index (χ0v) is 25.8. The van der Waals surface area contributed by atoms with Gasteiger partial charge in [-0.1, -0.05) is 92.2 Å². The molecule has 0 unspecified atom stereocenters. The number of rotatable bonds is 1. The highest BCUT2D eigenvalue weighted by molar-refractivity contribution is 7.32. The second-order valence-corrected chi connectivity index (χ2v) is 14.7. The van der Waals surface area contributed by atoms with Crippen molar-refractivity contribution in [3.8, 4) is 22.3 Å². The van der Waals surface area contributed by atoms with Gasteiger partial charge in [-0.05, 0) is 71.0 Å². The highest BCUT2D eigenvalue weighted by atomic mass is 32.1. The summed E-state index contributed by atoms with van der Waals surface area (Å²) < 4.78 is 4.11. The molecule has 0 saturated carbocycles. The lowest BCUT2D eigenvalue weighted by molar-refractivity contribution is 0.660. The first-order chi connectivity index (χ1) is 21.0. The fourth-order valence-corrected chi connectivity index (χ4v) is 10.5.